The fourth-order valence-corrected chi connectivity index (χ4v) is 2.41. The van der Waals surface area contributed by atoms with E-state index in [9.17, 15) is 9.90 Å². The van der Waals surface area contributed by atoms with Crippen molar-refractivity contribution in [2.45, 2.75) is 25.5 Å². The van der Waals surface area contributed by atoms with Crippen LogP contribution in [-0.4, -0.2) is 45.6 Å². The van der Waals surface area contributed by atoms with E-state index in [1.54, 1.807) is 43.7 Å². The number of carbonyl (C=O) groups is 1. The van der Waals surface area contributed by atoms with Crippen molar-refractivity contribution in [2.75, 3.05) is 6.54 Å². The van der Waals surface area contributed by atoms with Crippen LogP contribution in [0, 0.1) is 0 Å². The first-order valence-electron chi connectivity index (χ1n) is 7.43. The number of hydrogen-bond acceptors (Lipinski definition) is 5. The first kappa shape index (κ1) is 15.1. The van der Waals surface area contributed by atoms with E-state index in [4.69, 9.17) is 4.74 Å². The maximum Gasteiger partial charge on any atom is 0.248 e. The van der Waals surface area contributed by atoms with Gasteiger partial charge in [0.25, 0.3) is 0 Å². The zero-order chi connectivity index (χ0) is 16.2. The van der Waals surface area contributed by atoms with Crippen molar-refractivity contribution in [3.8, 4) is 5.75 Å². The molecule has 0 spiro atoms. The minimum absolute atomic E-state index is 0.0822. The Hall–Kier alpha value is -2.83. The number of aromatic hydroxyl groups is 1. The monoisotopic (exact) mass is 314 g/mol. The van der Waals surface area contributed by atoms with Gasteiger partial charge in [-0.05, 0) is 19.1 Å². The number of phenolic OH excluding ortho intramolecular Hbond substituents is 1. The van der Waals surface area contributed by atoms with Gasteiger partial charge in [-0.1, -0.05) is 12.1 Å². The Kier molecular flexibility index (Phi) is 4.27. The maximum absolute atomic E-state index is 12.3. The SMILES string of the molecule is CC1OC(c2ccccc2O)=NC1C(=O)NCCc1cnc[nH]1. The largest absolute Gasteiger partial charge is 0.507 e. The lowest BCUT2D eigenvalue weighted by molar-refractivity contribution is -0.123. The molecular weight excluding hydrogens is 296 g/mol. The molecule has 0 bridgehead atoms. The number of imidazole rings is 1. The lowest BCUT2D eigenvalue weighted by atomic mass is 10.2. The molecule has 1 aliphatic heterocycles. The molecule has 1 amide bonds. The number of amides is 1. The summed E-state index contributed by atoms with van der Waals surface area (Å²) in [4.78, 5) is 23.5. The van der Waals surface area contributed by atoms with E-state index < -0.39 is 6.04 Å². The average molecular weight is 314 g/mol. The molecule has 7 nitrogen and oxygen atoms in total. The third kappa shape index (κ3) is 3.33. The summed E-state index contributed by atoms with van der Waals surface area (Å²) in [6, 6.07) is 6.15. The second-order valence-corrected chi connectivity index (χ2v) is 5.34. The van der Waals surface area contributed by atoms with Crippen LogP contribution in [0.4, 0.5) is 0 Å². The molecule has 120 valence electrons. The van der Waals surface area contributed by atoms with Crippen molar-refractivity contribution in [1.29, 1.82) is 0 Å². The van der Waals surface area contributed by atoms with Crippen molar-refractivity contribution in [2.24, 2.45) is 4.99 Å². The Morgan fingerprint density at radius 1 is 1.43 bits per heavy atom. The number of aromatic amines is 1. The zero-order valence-electron chi connectivity index (χ0n) is 12.7. The van der Waals surface area contributed by atoms with Crippen LogP contribution < -0.4 is 5.32 Å². The van der Waals surface area contributed by atoms with Gasteiger partial charge in [-0.25, -0.2) is 9.98 Å². The molecule has 3 N–H and O–H groups in total. The Balaban J connectivity index is 1.63. The Labute approximate surface area is 133 Å². The quantitative estimate of drug-likeness (QED) is 0.767. The molecule has 1 aromatic carbocycles. The first-order chi connectivity index (χ1) is 11.1. The summed E-state index contributed by atoms with van der Waals surface area (Å²) in [6.07, 6.45) is 3.62. The number of para-hydroxylation sites is 1. The van der Waals surface area contributed by atoms with E-state index in [-0.39, 0.29) is 17.8 Å². The highest BCUT2D eigenvalue weighted by Crippen LogP contribution is 2.23. The fraction of sp³-hybridized carbons (Fsp3) is 0.312. The second kappa shape index (κ2) is 6.51. The van der Waals surface area contributed by atoms with Crippen LogP contribution in [0.1, 0.15) is 18.2 Å². The summed E-state index contributed by atoms with van der Waals surface area (Å²) in [5, 5.41) is 12.7. The number of nitrogens with zero attached hydrogens (tertiary/aromatic N) is 2. The minimum Gasteiger partial charge on any atom is -0.507 e. The zero-order valence-corrected chi connectivity index (χ0v) is 12.7. The number of H-pyrrole nitrogens is 1. The summed E-state index contributed by atoms with van der Waals surface area (Å²) in [5.41, 5.74) is 1.45. The molecule has 2 aromatic rings. The lowest BCUT2D eigenvalue weighted by Gasteiger charge is -2.12. The lowest BCUT2D eigenvalue weighted by Crippen LogP contribution is -2.39. The van der Waals surface area contributed by atoms with Gasteiger partial charge in [-0.3, -0.25) is 4.79 Å². The molecule has 0 saturated carbocycles. The number of ether oxygens (including phenoxy) is 1. The molecule has 2 heterocycles. The normalized spacial score (nSPS) is 20.0. The van der Waals surface area contributed by atoms with E-state index in [1.165, 1.54) is 0 Å². The Morgan fingerprint density at radius 2 is 2.26 bits per heavy atom. The number of nitrogens with one attached hydrogen (secondary N) is 2. The van der Waals surface area contributed by atoms with Gasteiger partial charge in [0, 0.05) is 24.9 Å². The van der Waals surface area contributed by atoms with Gasteiger partial charge in [-0.15, -0.1) is 0 Å². The minimum atomic E-state index is -0.619. The van der Waals surface area contributed by atoms with E-state index in [1.807, 2.05) is 0 Å². The number of aliphatic imine (C=N–C) groups is 1. The standard InChI is InChI=1S/C16H18N4O3/c1-10-14(15(22)18-7-6-11-8-17-9-19-11)20-16(23-10)12-4-2-3-5-13(12)21/h2-5,8-10,14,21H,6-7H2,1H3,(H,17,19)(H,18,22). The molecule has 2 atom stereocenters. The average Bonchev–Trinajstić information content (AvgIpc) is 3.17. The summed E-state index contributed by atoms with van der Waals surface area (Å²) < 4.78 is 5.63. The molecule has 0 saturated heterocycles. The third-order valence-corrected chi connectivity index (χ3v) is 3.65. The highest BCUT2D eigenvalue weighted by Gasteiger charge is 2.34. The van der Waals surface area contributed by atoms with Crippen molar-refractivity contribution in [1.82, 2.24) is 15.3 Å². The predicted molar refractivity (Wildman–Crippen MR) is 84.3 cm³/mol. The molecule has 23 heavy (non-hydrogen) atoms. The number of rotatable bonds is 5. The fourth-order valence-electron chi connectivity index (χ4n) is 2.41. The Bertz CT molecular complexity index is 712. The van der Waals surface area contributed by atoms with Crippen molar-refractivity contribution in [3.63, 3.8) is 0 Å². The van der Waals surface area contributed by atoms with Gasteiger partial charge in [-0.2, -0.15) is 0 Å². The van der Waals surface area contributed by atoms with Crippen LogP contribution in [0.2, 0.25) is 0 Å². The summed E-state index contributed by atoms with van der Waals surface area (Å²) in [7, 11) is 0. The molecular formula is C16H18N4O3. The molecule has 1 aromatic heterocycles. The smallest absolute Gasteiger partial charge is 0.248 e. The topological polar surface area (TPSA) is 99.6 Å². The predicted octanol–water partition coefficient (Wildman–Crippen LogP) is 1.01. The number of phenols is 1. The summed E-state index contributed by atoms with van der Waals surface area (Å²) in [5.74, 6) is 0.186. The molecule has 2 unspecified atom stereocenters. The molecule has 0 aliphatic carbocycles. The first-order valence-corrected chi connectivity index (χ1v) is 7.43. The number of hydrogen-bond donors (Lipinski definition) is 3. The third-order valence-electron chi connectivity index (χ3n) is 3.65. The highest BCUT2D eigenvalue weighted by atomic mass is 16.5. The maximum atomic E-state index is 12.3. The van der Waals surface area contributed by atoms with Crippen LogP contribution in [0.15, 0.2) is 41.8 Å². The molecule has 0 fully saturated rings. The van der Waals surface area contributed by atoms with E-state index in [0.717, 1.165) is 5.69 Å². The van der Waals surface area contributed by atoms with Gasteiger partial charge in [0.1, 0.15) is 11.9 Å². The van der Waals surface area contributed by atoms with E-state index >= 15 is 0 Å². The number of carbonyl (C=O) groups excluding carboxylic acids is 1. The van der Waals surface area contributed by atoms with Crippen LogP contribution in [0.25, 0.3) is 0 Å². The molecule has 3 rings (SSSR count). The van der Waals surface area contributed by atoms with Gasteiger partial charge in [0.2, 0.25) is 11.8 Å². The van der Waals surface area contributed by atoms with Crippen LogP contribution in [0.3, 0.4) is 0 Å². The summed E-state index contributed by atoms with van der Waals surface area (Å²) >= 11 is 0. The second-order valence-electron chi connectivity index (χ2n) is 5.34. The molecule has 1 aliphatic rings. The van der Waals surface area contributed by atoms with Gasteiger partial charge < -0.3 is 20.1 Å². The van der Waals surface area contributed by atoms with Crippen LogP contribution >= 0.6 is 0 Å². The van der Waals surface area contributed by atoms with Crippen molar-refractivity contribution in [3.05, 3.63) is 48.0 Å². The van der Waals surface area contributed by atoms with Crippen molar-refractivity contribution >= 4 is 11.8 Å². The van der Waals surface area contributed by atoms with Gasteiger partial charge >= 0.3 is 0 Å². The van der Waals surface area contributed by atoms with Crippen molar-refractivity contribution < 1.29 is 14.6 Å². The van der Waals surface area contributed by atoms with E-state index in [2.05, 4.69) is 20.3 Å². The van der Waals surface area contributed by atoms with Gasteiger partial charge in [0.15, 0.2) is 6.04 Å². The molecule has 7 heteroatoms. The van der Waals surface area contributed by atoms with Crippen LogP contribution in [0.5, 0.6) is 5.75 Å². The number of benzene rings is 1. The number of aromatic nitrogens is 2. The van der Waals surface area contributed by atoms with E-state index in [0.29, 0.717) is 24.4 Å². The summed E-state index contributed by atoms with van der Waals surface area (Å²) in [6.45, 7) is 2.28. The molecule has 0 radical (unpaired) electrons. The Morgan fingerprint density at radius 3 is 3.00 bits per heavy atom. The van der Waals surface area contributed by atoms with Crippen LogP contribution in [-0.2, 0) is 16.0 Å². The highest BCUT2D eigenvalue weighted by molar-refractivity contribution is 6.00. The van der Waals surface area contributed by atoms with Gasteiger partial charge in [0.05, 0.1) is 11.9 Å².